The van der Waals surface area contributed by atoms with Gasteiger partial charge in [-0.05, 0) is 55.7 Å². The minimum atomic E-state index is -0.513. The van der Waals surface area contributed by atoms with Gasteiger partial charge in [0.2, 0.25) is 0 Å². The van der Waals surface area contributed by atoms with E-state index in [2.05, 4.69) is 9.97 Å². The number of pyridine rings is 2. The van der Waals surface area contributed by atoms with Crippen molar-refractivity contribution in [3.63, 3.8) is 0 Å². The molecule has 6 nitrogen and oxygen atoms in total. The third-order valence-electron chi connectivity index (χ3n) is 3.89. The molecule has 132 valence electrons. The molecule has 0 aromatic carbocycles. The fourth-order valence-corrected chi connectivity index (χ4v) is 2.67. The van der Waals surface area contributed by atoms with Gasteiger partial charge in [-0.2, -0.15) is 5.26 Å². The van der Waals surface area contributed by atoms with Crippen LogP contribution in [0, 0.1) is 11.3 Å². The second kappa shape index (κ2) is 6.96. The third-order valence-corrected chi connectivity index (χ3v) is 3.89. The molecule has 3 heterocycles. The molecular weight excluding hydrogens is 328 g/mol. The van der Waals surface area contributed by atoms with Crippen molar-refractivity contribution in [3.05, 3.63) is 54.1 Å². The highest BCUT2D eigenvalue weighted by Gasteiger charge is 2.25. The van der Waals surface area contributed by atoms with E-state index < -0.39 is 5.60 Å². The summed E-state index contributed by atoms with van der Waals surface area (Å²) in [5, 5.41) is 9.01. The maximum absolute atomic E-state index is 12.2. The Morgan fingerprint density at radius 3 is 2.73 bits per heavy atom. The van der Waals surface area contributed by atoms with Crippen molar-refractivity contribution >= 4 is 11.7 Å². The van der Waals surface area contributed by atoms with Crippen LogP contribution in [-0.2, 0) is 4.74 Å². The zero-order chi connectivity index (χ0) is 18.7. The minimum absolute atomic E-state index is 0.319. The van der Waals surface area contributed by atoms with Crippen molar-refractivity contribution in [2.45, 2.75) is 26.4 Å². The van der Waals surface area contributed by atoms with Crippen LogP contribution in [0.3, 0.4) is 0 Å². The van der Waals surface area contributed by atoms with Crippen molar-refractivity contribution < 1.29 is 9.53 Å². The molecule has 1 amide bonds. The first-order valence-electron chi connectivity index (χ1n) is 8.34. The lowest BCUT2D eigenvalue weighted by Gasteiger charge is -2.24. The van der Waals surface area contributed by atoms with Crippen LogP contribution in [0.1, 0.15) is 32.0 Å². The molecule has 0 saturated carbocycles. The van der Waals surface area contributed by atoms with Crippen LogP contribution < -0.4 is 0 Å². The molecule has 0 atom stereocenters. The Hall–Kier alpha value is -3.20. The highest BCUT2D eigenvalue weighted by molar-refractivity contribution is 5.79. The summed E-state index contributed by atoms with van der Waals surface area (Å²) in [6.07, 6.45) is 6.83. The predicted octanol–water partition coefficient (Wildman–Crippen LogP) is 3.65. The van der Waals surface area contributed by atoms with Crippen molar-refractivity contribution in [2.75, 3.05) is 13.1 Å². The van der Waals surface area contributed by atoms with Crippen LogP contribution in [0.2, 0.25) is 0 Å². The SMILES string of the molecule is CC(C)(C)OC(=O)N1CC=C(c2cncc(-c3ccnc(C#N)c3)c2)C1. The number of ether oxygens (including phenoxy) is 1. The zero-order valence-electron chi connectivity index (χ0n) is 15.1. The lowest BCUT2D eigenvalue weighted by Crippen LogP contribution is -2.35. The number of nitrogens with zero attached hydrogens (tertiary/aromatic N) is 4. The summed E-state index contributed by atoms with van der Waals surface area (Å²) in [7, 11) is 0. The van der Waals surface area contributed by atoms with Crippen molar-refractivity contribution in [1.29, 1.82) is 5.26 Å². The molecule has 0 aliphatic carbocycles. The molecule has 0 unspecified atom stereocenters. The largest absolute Gasteiger partial charge is 0.444 e. The molecule has 0 fully saturated rings. The van der Waals surface area contributed by atoms with Crippen LogP contribution in [0.5, 0.6) is 0 Å². The topological polar surface area (TPSA) is 79.1 Å². The number of amides is 1. The van der Waals surface area contributed by atoms with E-state index in [0.717, 1.165) is 22.3 Å². The van der Waals surface area contributed by atoms with E-state index in [4.69, 9.17) is 10.00 Å². The van der Waals surface area contributed by atoms with E-state index in [0.29, 0.717) is 18.8 Å². The Kier molecular flexibility index (Phi) is 4.72. The minimum Gasteiger partial charge on any atom is -0.444 e. The fourth-order valence-electron chi connectivity index (χ4n) is 2.67. The monoisotopic (exact) mass is 348 g/mol. The number of carbonyl (C=O) groups excluding carboxylic acids is 1. The second-order valence-electron chi connectivity index (χ2n) is 7.09. The van der Waals surface area contributed by atoms with E-state index in [1.54, 1.807) is 29.6 Å². The molecule has 1 aliphatic rings. The highest BCUT2D eigenvalue weighted by atomic mass is 16.6. The number of hydrogen-bond acceptors (Lipinski definition) is 5. The Morgan fingerprint density at radius 1 is 1.23 bits per heavy atom. The predicted molar refractivity (Wildman–Crippen MR) is 98.0 cm³/mol. The quantitative estimate of drug-likeness (QED) is 0.828. The second-order valence-corrected chi connectivity index (χ2v) is 7.09. The van der Waals surface area contributed by atoms with E-state index in [-0.39, 0.29) is 6.09 Å². The average molecular weight is 348 g/mol. The van der Waals surface area contributed by atoms with Gasteiger partial charge in [-0.3, -0.25) is 4.98 Å². The first-order chi connectivity index (χ1) is 12.4. The third kappa shape index (κ3) is 4.06. The Balaban J connectivity index is 1.77. The molecule has 3 rings (SSSR count). The molecule has 26 heavy (non-hydrogen) atoms. The van der Waals surface area contributed by atoms with Gasteiger partial charge in [0.15, 0.2) is 0 Å². The molecule has 0 spiro atoms. The number of rotatable bonds is 2. The highest BCUT2D eigenvalue weighted by Crippen LogP contribution is 2.26. The van der Waals surface area contributed by atoms with Crippen LogP contribution in [-0.4, -0.2) is 39.7 Å². The maximum atomic E-state index is 12.2. The molecule has 6 heteroatoms. The summed E-state index contributed by atoms with van der Waals surface area (Å²) in [4.78, 5) is 22.2. The Morgan fingerprint density at radius 2 is 2.00 bits per heavy atom. The van der Waals surface area contributed by atoms with Gasteiger partial charge in [0.25, 0.3) is 0 Å². The fraction of sp³-hybridized carbons (Fsp3) is 0.300. The molecular formula is C20H20N4O2. The standard InChI is InChI=1S/C20H20N4O2/c1-20(2,3)26-19(25)24-7-5-15(13-24)17-8-16(11-22-12-17)14-4-6-23-18(9-14)10-21/h4-6,8-9,11-12H,7,13H2,1-3H3. The molecule has 0 saturated heterocycles. The normalized spacial score (nSPS) is 13.9. The summed E-state index contributed by atoms with van der Waals surface area (Å²) in [6.45, 7) is 6.56. The number of carbonyl (C=O) groups is 1. The molecule has 2 aromatic rings. The summed E-state index contributed by atoms with van der Waals surface area (Å²) in [6, 6.07) is 7.63. The van der Waals surface area contributed by atoms with Crippen LogP contribution >= 0.6 is 0 Å². The lowest BCUT2D eigenvalue weighted by atomic mass is 10.0. The first-order valence-corrected chi connectivity index (χ1v) is 8.34. The van der Waals surface area contributed by atoms with Gasteiger partial charge >= 0.3 is 6.09 Å². The van der Waals surface area contributed by atoms with E-state index in [1.165, 1.54) is 0 Å². The first kappa shape index (κ1) is 17.6. The van der Waals surface area contributed by atoms with E-state index in [9.17, 15) is 4.79 Å². The summed E-state index contributed by atoms with van der Waals surface area (Å²) in [5.74, 6) is 0. The number of aromatic nitrogens is 2. The Labute approximate surface area is 152 Å². The summed E-state index contributed by atoms with van der Waals surface area (Å²) < 4.78 is 5.42. The molecule has 0 radical (unpaired) electrons. The van der Waals surface area contributed by atoms with Crippen LogP contribution in [0.4, 0.5) is 4.79 Å². The van der Waals surface area contributed by atoms with Gasteiger partial charge in [-0.1, -0.05) is 6.08 Å². The summed E-state index contributed by atoms with van der Waals surface area (Å²) >= 11 is 0. The van der Waals surface area contributed by atoms with Crippen LogP contribution in [0.25, 0.3) is 16.7 Å². The average Bonchev–Trinajstić information content (AvgIpc) is 3.11. The van der Waals surface area contributed by atoms with Gasteiger partial charge in [0, 0.05) is 37.2 Å². The van der Waals surface area contributed by atoms with Crippen LogP contribution in [0.15, 0.2) is 42.9 Å². The molecule has 0 N–H and O–H groups in total. The van der Waals surface area contributed by atoms with Crippen molar-refractivity contribution in [3.8, 4) is 17.2 Å². The van der Waals surface area contributed by atoms with Gasteiger partial charge < -0.3 is 9.64 Å². The Bertz CT molecular complexity index is 907. The van der Waals surface area contributed by atoms with Gasteiger partial charge in [0.05, 0.1) is 0 Å². The van der Waals surface area contributed by atoms with E-state index in [1.807, 2.05) is 45.0 Å². The van der Waals surface area contributed by atoms with Gasteiger partial charge in [0.1, 0.15) is 17.4 Å². The molecule has 1 aliphatic heterocycles. The molecule has 0 bridgehead atoms. The van der Waals surface area contributed by atoms with Crippen molar-refractivity contribution in [1.82, 2.24) is 14.9 Å². The summed E-state index contributed by atoms with van der Waals surface area (Å²) in [5.41, 5.74) is 3.61. The smallest absolute Gasteiger partial charge is 0.410 e. The van der Waals surface area contributed by atoms with Gasteiger partial charge in [-0.15, -0.1) is 0 Å². The number of nitriles is 1. The van der Waals surface area contributed by atoms with E-state index >= 15 is 0 Å². The zero-order valence-corrected chi connectivity index (χ0v) is 15.1. The maximum Gasteiger partial charge on any atom is 0.410 e. The number of hydrogen-bond donors (Lipinski definition) is 0. The lowest BCUT2D eigenvalue weighted by molar-refractivity contribution is 0.0306. The van der Waals surface area contributed by atoms with Gasteiger partial charge in [-0.25, -0.2) is 9.78 Å². The van der Waals surface area contributed by atoms with Crippen molar-refractivity contribution in [2.24, 2.45) is 0 Å². The molecule has 2 aromatic heterocycles.